The Hall–Kier alpha value is -2.23. The highest BCUT2D eigenvalue weighted by atomic mass is 19.1. The minimum absolute atomic E-state index is 0.260. The van der Waals surface area contributed by atoms with Crippen molar-refractivity contribution in [1.82, 2.24) is 14.6 Å². The zero-order valence-corrected chi connectivity index (χ0v) is 9.26. The summed E-state index contributed by atoms with van der Waals surface area (Å²) in [5, 5.41) is 4.30. The normalized spacial score (nSPS) is 10.9. The molecule has 2 heterocycles. The highest BCUT2D eigenvalue weighted by Gasteiger charge is 2.05. The van der Waals surface area contributed by atoms with Gasteiger partial charge >= 0.3 is 0 Å². The Balaban J connectivity index is 2.18. The number of hydrogen-bond donors (Lipinski definition) is 0. The molecule has 1 aromatic carbocycles. The molecule has 17 heavy (non-hydrogen) atoms. The largest absolute Gasteiger partial charge is 0.227 e. The molecule has 0 atom stereocenters. The van der Waals surface area contributed by atoms with Gasteiger partial charge in [0.1, 0.15) is 5.82 Å². The maximum absolute atomic E-state index is 13.1. The van der Waals surface area contributed by atoms with Gasteiger partial charge in [-0.2, -0.15) is 5.10 Å². The number of hydrogen-bond acceptors (Lipinski definition) is 2. The third-order valence-corrected chi connectivity index (χ3v) is 2.57. The van der Waals surface area contributed by atoms with Gasteiger partial charge in [0.05, 0.1) is 17.6 Å². The van der Waals surface area contributed by atoms with Crippen molar-refractivity contribution in [3.05, 3.63) is 54.1 Å². The number of imidazole rings is 1. The minimum Gasteiger partial charge on any atom is -0.227 e. The summed E-state index contributed by atoms with van der Waals surface area (Å²) < 4.78 is 14.8. The summed E-state index contributed by atoms with van der Waals surface area (Å²) in [6.45, 7) is 1.92. The van der Waals surface area contributed by atoms with E-state index in [-0.39, 0.29) is 5.82 Å². The Morgan fingerprint density at radius 2 is 2.06 bits per heavy atom. The van der Waals surface area contributed by atoms with Crippen molar-refractivity contribution in [2.75, 3.05) is 0 Å². The Kier molecular flexibility index (Phi) is 2.14. The van der Waals surface area contributed by atoms with Crippen LogP contribution in [0.5, 0.6) is 0 Å². The Labute approximate surface area is 97.5 Å². The number of halogens is 1. The molecule has 0 spiro atoms. The lowest BCUT2D eigenvalue weighted by molar-refractivity contribution is 0.628. The summed E-state index contributed by atoms with van der Waals surface area (Å²) in [6, 6.07) is 10.2. The molecule has 3 aromatic rings. The van der Waals surface area contributed by atoms with E-state index in [4.69, 9.17) is 0 Å². The molecule has 0 N–H and O–H groups in total. The van der Waals surface area contributed by atoms with Gasteiger partial charge in [-0.3, -0.25) is 0 Å². The fourth-order valence-electron chi connectivity index (χ4n) is 1.76. The molecule has 0 amide bonds. The van der Waals surface area contributed by atoms with Gasteiger partial charge in [-0.15, -0.1) is 0 Å². The van der Waals surface area contributed by atoms with E-state index in [1.54, 1.807) is 16.8 Å². The first-order chi connectivity index (χ1) is 8.22. The molecule has 0 aliphatic carbocycles. The highest BCUT2D eigenvalue weighted by Crippen LogP contribution is 2.19. The fourth-order valence-corrected chi connectivity index (χ4v) is 1.76. The van der Waals surface area contributed by atoms with Gasteiger partial charge in [0.25, 0.3) is 0 Å². The molecular weight excluding hydrogens is 217 g/mol. The van der Waals surface area contributed by atoms with Crippen LogP contribution in [0.4, 0.5) is 4.39 Å². The number of aromatic nitrogens is 3. The molecule has 0 fully saturated rings. The highest BCUT2D eigenvalue weighted by molar-refractivity contribution is 5.62. The SMILES string of the molecule is Cc1ccc2nc(-c3cccc(F)c3)cn2n1. The Bertz CT molecular complexity index is 688. The molecule has 0 aliphatic rings. The molecule has 4 heteroatoms. The predicted octanol–water partition coefficient (Wildman–Crippen LogP) is 2.84. The molecule has 0 unspecified atom stereocenters. The van der Waals surface area contributed by atoms with E-state index in [9.17, 15) is 4.39 Å². The van der Waals surface area contributed by atoms with E-state index in [0.29, 0.717) is 0 Å². The average molecular weight is 227 g/mol. The summed E-state index contributed by atoms with van der Waals surface area (Å²) in [7, 11) is 0. The van der Waals surface area contributed by atoms with E-state index in [1.165, 1.54) is 12.1 Å². The first-order valence-corrected chi connectivity index (χ1v) is 5.31. The lowest BCUT2D eigenvalue weighted by Crippen LogP contribution is -1.91. The van der Waals surface area contributed by atoms with Crippen LogP contribution >= 0.6 is 0 Å². The molecule has 0 radical (unpaired) electrons. The van der Waals surface area contributed by atoms with Crippen molar-refractivity contribution in [2.24, 2.45) is 0 Å². The van der Waals surface area contributed by atoms with Crippen LogP contribution in [0.2, 0.25) is 0 Å². The molecule has 0 saturated heterocycles. The van der Waals surface area contributed by atoms with Crippen molar-refractivity contribution < 1.29 is 4.39 Å². The van der Waals surface area contributed by atoms with Crippen molar-refractivity contribution in [2.45, 2.75) is 6.92 Å². The van der Waals surface area contributed by atoms with E-state index < -0.39 is 0 Å². The molecule has 3 rings (SSSR count). The number of rotatable bonds is 1. The van der Waals surface area contributed by atoms with Crippen LogP contribution in [0.25, 0.3) is 16.9 Å². The van der Waals surface area contributed by atoms with Crippen LogP contribution in [-0.2, 0) is 0 Å². The zero-order chi connectivity index (χ0) is 11.8. The molecule has 0 bridgehead atoms. The van der Waals surface area contributed by atoms with E-state index in [2.05, 4.69) is 10.1 Å². The maximum atomic E-state index is 13.1. The number of nitrogens with zero attached hydrogens (tertiary/aromatic N) is 3. The summed E-state index contributed by atoms with van der Waals surface area (Å²) >= 11 is 0. The zero-order valence-electron chi connectivity index (χ0n) is 9.26. The lowest BCUT2D eigenvalue weighted by Gasteiger charge is -1.94. The summed E-state index contributed by atoms with van der Waals surface area (Å²) in [5.41, 5.74) is 3.16. The molecular formula is C13H10FN3. The van der Waals surface area contributed by atoms with Gasteiger partial charge in [-0.25, -0.2) is 13.9 Å². The molecule has 0 aliphatic heterocycles. The Morgan fingerprint density at radius 1 is 1.18 bits per heavy atom. The number of fused-ring (bicyclic) bond motifs is 1. The first-order valence-electron chi connectivity index (χ1n) is 5.31. The molecule has 2 aromatic heterocycles. The van der Waals surface area contributed by atoms with Gasteiger partial charge in [0.2, 0.25) is 0 Å². The number of benzene rings is 1. The van der Waals surface area contributed by atoms with Crippen molar-refractivity contribution >= 4 is 5.65 Å². The monoisotopic (exact) mass is 227 g/mol. The smallest absolute Gasteiger partial charge is 0.154 e. The topological polar surface area (TPSA) is 30.2 Å². The summed E-state index contributed by atoms with van der Waals surface area (Å²) in [4.78, 5) is 4.40. The van der Waals surface area contributed by atoms with E-state index >= 15 is 0 Å². The molecule has 0 saturated carbocycles. The van der Waals surface area contributed by atoms with Gasteiger partial charge < -0.3 is 0 Å². The van der Waals surface area contributed by atoms with Gasteiger partial charge in [-0.05, 0) is 31.2 Å². The third-order valence-electron chi connectivity index (χ3n) is 2.57. The van der Waals surface area contributed by atoms with Crippen LogP contribution in [0.1, 0.15) is 5.69 Å². The predicted molar refractivity (Wildman–Crippen MR) is 63.1 cm³/mol. The van der Waals surface area contributed by atoms with Crippen molar-refractivity contribution in [3.63, 3.8) is 0 Å². The molecule has 3 nitrogen and oxygen atoms in total. The van der Waals surface area contributed by atoms with Gasteiger partial charge in [0.15, 0.2) is 5.65 Å². The average Bonchev–Trinajstić information content (AvgIpc) is 2.72. The minimum atomic E-state index is -0.260. The second-order valence-electron chi connectivity index (χ2n) is 3.91. The van der Waals surface area contributed by atoms with Crippen LogP contribution in [0.3, 0.4) is 0 Å². The van der Waals surface area contributed by atoms with Crippen molar-refractivity contribution in [3.8, 4) is 11.3 Å². The Morgan fingerprint density at radius 3 is 2.88 bits per heavy atom. The second kappa shape index (κ2) is 3.66. The van der Waals surface area contributed by atoms with E-state index in [1.807, 2.05) is 25.1 Å². The molecule has 84 valence electrons. The quantitative estimate of drug-likeness (QED) is 0.640. The lowest BCUT2D eigenvalue weighted by atomic mass is 10.2. The first kappa shape index (κ1) is 9.96. The standard InChI is InChI=1S/C13H10FN3/c1-9-5-6-13-15-12(8-17(13)16-9)10-3-2-4-11(14)7-10/h2-8H,1H3. The van der Waals surface area contributed by atoms with Gasteiger partial charge in [0, 0.05) is 5.56 Å². The fraction of sp³-hybridized carbons (Fsp3) is 0.0769. The maximum Gasteiger partial charge on any atom is 0.154 e. The van der Waals surface area contributed by atoms with Crippen LogP contribution < -0.4 is 0 Å². The third kappa shape index (κ3) is 1.78. The van der Waals surface area contributed by atoms with E-state index in [0.717, 1.165) is 22.6 Å². The van der Waals surface area contributed by atoms with Gasteiger partial charge in [-0.1, -0.05) is 12.1 Å². The summed E-state index contributed by atoms with van der Waals surface area (Å²) in [6.07, 6.45) is 1.80. The van der Waals surface area contributed by atoms with Crippen LogP contribution in [0.15, 0.2) is 42.6 Å². The summed E-state index contributed by atoms with van der Waals surface area (Å²) in [5.74, 6) is -0.260. The van der Waals surface area contributed by atoms with Crippen LogP contribution in [0, 0.1) is 12.7 Å². The number of aryl methyl sites for hydroxylation is 1. The second-order valence-corrected chi connectivity index (χ2v) is 3.91. The van der Waals surface area contributed by atoms with Crippen molar-refractivity contribution in [1.29, 1.82) is 0 Å². The van der Waals surface area contributed by atoms with Crippen LogP contribution in [-0.4, -0.2) is 14.6 Å².